The van der Waals surface area contributed by atoms with Crippen LogP contribution in [0.4, 0.5) is 0 Å². The Morgan fingerprint density at radius 2 is 1.31 bits per heavy atom. The van der Waals surface area contributed by atoms with Gasteiger partial charge in [0.25, 0.3) is 0 Å². The van der Waals surface area contributed by atoms with Gasteiger partial charge in [0.1, 0.15) is 23.4 Å². The molecule has 0 bridgehead atoms. The Bertz CT molecular complexity index is 1010. The van der Waals surface area contributed by atoms with E-state index in [2.05, 4.69) is 30.3 Å². The van der Waals surface area contributed by atoms with E-state index >= 15 is 0 Å². The number of hydrogen-bond acceptors (Lipinski definition) is 5. The molecule has 2 aliphatic heterocycles. The third-order valence-corrected chi connectivity index (χ3v) is 5.61. The molecule has 0 radical (unpaired) electrons. The van der Waals surface area contributed by atoms with Crippen molar-refractivity contribution in [2.45, 2.75) is 18.4 Å². The van der Waals surface area contributed by atoms with E-state index in [1.807, 2.05) is 30.3 Å². The summed E-state index contributed by atoms with van der Waals surface area (Å²) in [5.74, 6) is 4.19. The van der Waals surface area contributed by atoms with Crippen molar-refractivity contribution in [2.75, 3.05) is 21.0 Å². The largest absolute Gasteiger partial charge is 0.497 e. The topological polar surface area (TPSA) is 46.2 Å². The van der Waals surface area contributed by atoms with E-state index in [-0.39, 0.29) is 18.8 Å². The maximum atomic E-state index is 6.41. The summed E-state index contributed by atoms with van der Waals surface area (Å²) in [6, 6.07) is 20.3. The predicted octanol–water partition coefficient (Wildman–Crippen LogP) is 5.09. The quantitative estimate of drug-likeness (QED) is 0.621. The molecule has 5 heteroatoms. The molecule has 5 rings (SSSR count). The minimum atomic E-state index is -0.0686. The number of hydrogen-bond donors (Lipinski definition) is 0. The lowest BCUT2D eigenvalue weighted by Crippen LogP contribution is -2.20. The summed E-state index contributed by atoms with van der Waals surface area (Å²) < 4.78 is 28.2. The Kier molecular flexibility index (Phi) is 4.43. The van der Waals surface area contributed by atoms with Crippen LogP contribution in [0.2, 0.25) is 0 Å². The van der Waals surface area contributed by atoms with Crippen LogP contribution in [0, 0.1) is 0 Å². The lowest BCUT2D eigenvalue weighted by atomic mass is 9.82. The van der Waals surface area contributed by atoms with Gasteiger partial charge in [-0.3, -0.25) is 0 Å². The first-order valence-corrected chi connectivity index (χ1v) is 9.63. The molecular formula is C24H22O5. The third-order valence-electron chi connectivity index (χ3n) is 5.61. The monoisotopic (exact) mass is 390 g/mol. The summed E-state index contributed by atoms with van der Waals surface area (Å²) in [6.07, 6.45) is 0.756. The maximum absolute atomic E-state index is 6.41. The molecular weight excluding hydrogens is 368 g/mol. The fourth-order valence-electron chi connectivity index (χ4n) is 4.03. The van der Waals surface area contributed by atoms with Gasteiger partial charge in [0, 0.05) is 17.5 Å². The number of ether oxygens (including phenoxy) is 5. The second-order valence-electron chi connectivity index (χ2n) is 7.18. The molecule has 2 aliphatic rings. The molecule has 29 heavy (non-hydrogen) atoms. The molecule has 2 heterocycles. The fourth-order valence-corrected chi connectivity index (χ4v) is 4.03. The summed E-state index contributed by atoms with van der Waals surface area (Å²) in [7, 11) is 3.35. The number of rotatable bonds is 4. The molecule has 0 saturated heterocycles. The van der Waals surface area contributed by atoms with E-state index in [1.165, 1.54) is 5.56 Å². The van der Waals surface area contributed by atoms with E-state index in [0.717, 1.165) is 46.3 Å². The van der Waals surface area contributed by atoms with Gasteiger partial charge in [0.15, 0.2) is 11.5 Å². The molecule has 0 aromatic heterocycles. The molecule has 3 aromatic rings. The zero-order valence-corrected chi connectivity index (χ0v) is 16.4. The molecule has 2 unspecified atom stereocenters. The van der Waals surface area contributed by atoms with Crippen molar-refractivity contribution >= 4 is 0 Å². The van der Waals surface area contributed by atoms with Crippen molar-refractivity contribution in [3.8, 4) is 28.7 Å². The van der Waals surface area contributed by atoms with Crippen molar-refractivity contribution in [1.82, 2.24) is 0 Å². The molecule has 0 saturated carbocycles. The second kappa shape index (κ2) is 7.24. The highest BCUT2D eigenvalue weighted by atomic mass is 16.7. The first kappa shape index (κ1) is 17.7. The Morgan fingerprint density at radius 1 is 0.724 bits per heavy atom. The molecule has 3 aromatic carbocycles. The summed E-state index contributed by atoms with van der Waals surface area (Å²) >= 11 is 0. The van der Waals surface area contributed by atoms with E-state index in [1.54, 1.807) is 14.2 Å². The molecule has 5 nitrogen and oxygen atoms in total. The van der Waals surface area contributed by atoms with E-state index < -0.39 is 0 Å². The Labute approximate surface area is 169 Å². The Hall–Kier alpha value is -3.34. The number of fused-ring (bicyclic) bond motifs is 2. The Balaban J connectivity index is 1.56. The lowest BCUT2D eigenvalue weighted by molar-refractivity contribution is 0.166. The van der Waals surface area contributed by atoms with Crippen LogP contribution in [0.15, 0.2) is 60.7 Å². The number of benzene rings is 3. The van der Waals surface area contributed by atoms with Crippen molar-refractivity contribution in [1.29, 1.82) is 0 Å². The van der Waals surface area contributed by atoms with Crippen LogP contribution in [0.25, 0.3) is 0 Å². The molecule has 0 fully saturated rings. The second-order valence-corrected chi connectivity index (χ2v) is 7.18. The summed E-state index contributed by atoms with van der Waals surface area (Å²) in [4.78, 5) is 0. The summed E-state index contributed by atoms with van der Waals surface area (Å²) in [5.41, 5.74) is 3.45. The zero-order valence-electron chi connectivity index (χ0n) is 16.4. The SMILES string of the molecule is COc1ccc(C2CC(c3ccc(OC)cc3)c3cc4c(cc3O2)OCO4)cc1. The normalized spacial score (nSPS) is 19.2. The Morgan fingerprint density at radius 3 is 1.93 bits per heavy atom. The van der Waals surface area contributed by atoms with Crippen LogP contribution in [0.1, 0.15) is 35.1 Å². The van der Waals surface area contributed by atoms with Gasteiger partial charge in [0.05, 0.1) is 14.2 Å². The summed E-state index contributed by atoms with van der Waals surface area (Å²) in [5, 5.41) is 0. The fraction of sp³-hybridized carbons (Fsp3) is 0.250. The van der Waals surface area contributed by atoms with Gasteiger partial charge in [-0.25, -0.2) is 0 Å². The van der Waals surface area contributed by atoms with Crippen LogP contribution in [-0.4, -0.2) is 21.0 Å². The zero-order chi connectivity index (χ0) is 19.8. The van der Waals surface area contributed by atoms with Crippen LogP contribution in [-0.2, 0) is 0 Å². The molecule has 2 atom stereocenters. The van der Waals surface area contributed by atoms with Crippen LogP contribution < -0.4 is 23.7 Å². The number of methoxy groups -OCH3 is 2. The van der Waals surface area contributed by atoms with E-state index in [4.69, 9.17) is 23.7 Å². The minimum Gasteiger partial charge on any atom is -0.497 e. The molecule has 0 aliphatic carbocycles. The van der Waals surface area contributed by atoms with Gasteiger partial charge in [0.2, 0.25) is 6.79 Å². The van der Waals surface area contributed by atoms with Crippen molar-refractivity contribution < 1.29 is 23.7 Å². The van der Waals surface area contributed by atoms with Gasteiger partial charge < -0.3 is 23.7 Å². The average molecular weight is 390 g/mol. The average Bonchev–Trinajstić information content (AvgIpc) is 3.24. The van der Waals surface area contributed by atoms with Gasteiger partial charge in [-0.2, -0.15) is 0 Å². The van der Waals surface area contributed by atoms with Gasteiger partial charge in [-0.15, -0.1) is 0 Å². The highest BCUT2D eigenvalue weighted by Crippen LogP contribution is 2.50. The predicted molar refractivity (Wildman–Crippen MR) is 108 cm³/mol. The van der Waals surface area contributed by atoms with Crippen molar-refractivity contribution in [3.05, 3.63) is 77.4 Å². The first-order valence-electron chi connectivity index (χ1n) is 9.63. The lowest BCUT2D eigenvalue weighted by Gasteiger charge is -2.33. The molecule has 0 spiro atoms. The van der Waals surface area contributed by atoms with Crippen LogP contribution in [0.5, 0.6) is 28.7 Å². The van der Waals surface area contributed by atoms with Gasteiger partial charge >= 0.3 is 0 Å². The van der Waals surface area contributed by atoms with Crippen LogP contribution in [0.3, 0.4) is 0 Å². The van der Waals surface area contributed by atoms with Crippen molar-refractivity contribution in [3.63, 3.8) is 0 Å². The van der Waals surface area contributed by atoms with Crippen LogP contribution >= 0.6 is 0 Å². The minimum absolute atomic E-state index is 0.0686. The van der Waals surface area contributed by atoms with E-state index in [0.29, 0.717) is 0 Å². The smallest absolute Gasteiger partial charge is 0.231 e. The van der Waals surface area contributed by atoms with Gasteiger partial charge in [-0.05, 0) is 47.9 Å². The molecule has 0 amide bonds. The highest BCUT2D eigenvalue weighted by molar-refractivity contribution is 5.56. The summed E-state index contributed by atoms with van der Waals surface area (Å²) in [6.45, 7) is 0.243. The molecule has 0 N–H and O–H groups in total. The maximum Gasteiger partial charge on any atom is 0.231 e. The first-order chi connectivity index (χ1) is 14.2. The third kappa shape index (κ3) is 3.23. The van der Waals surface area contributed by atoms with E-state index in [9.17, 15) is 0 Å². The van der Waals surface area contributed by atoms with Crippen molar-refractivity contribution in [2.24, 2.45) is 0 Å². The van der Waals surface area contributed by atoms with Gasteiger partial charge in [-0.1, -0.05) is 24.3 Å². The highest BCUT2D eigenvalue weighted by Gasteiger charge is 2.33. The standard InChI is InChI=1S/C24H22O5/c1-25-17-7-3-15(4-8-17)19-11-21(16-5-9-18(26-2)10-6-16)29-22-13-24-23(12-20(19)22)27-14-28-24/h3-10,12-13,19,21H,11,14H2,1-2H3. The molecule has 148 valence electrons.